The summed E-state index contributed by atoms with van der Waals surface area (Å²) in [5, 5.41) is 19.0. The summed E-state index contributed by atoms with van der Waals surface area (Å²) in [4.78, 5) is 4.37. The summed E-state index contributed by atoms with van der Waals surface area (Å²) in [6.45, 7) is 2.67. The summed E-state index contributed by atoms with van der Waals surface area (Å²) in [6.07, 6.45) is 2.85. The molecule has 3 aromatic rings. The van der Waals surface area contributed by atoms with Gasteiger partial charge in [-0.15, -0.1) is 0 Å². The summed E-state index contributed by atoms with van der Waals surface area (Å²) in [5.74, 6) is 0.845. The average molecular weight is 375 g/mol. The topological polar surface area (TPSA) is 65.4 Å². The van der Waals surface area contributed by atoms with Crippen LogP contribution in [0.25, 0.3) is 11.1 Å². The van der Waals surface area contributed by atoms with Crippen molar-refractivity contribution in [1.82, 2.24) is 9.55 Å². The second-order valence-electron chi connectivity index (χ2n) is 6.32. The summed E-state index contributed by atoms with van der Waals surface area (Å²) in [6, 6.07) is 20.0. The van der Waals surface area contributed by atoms with Gasteiger partial charge in [0.25, 0.3) is 0 Å². The van der Waals surface area contributed by atoms with E-state index in [4.69, 9.17) is 11.6 Å². The highest BCUT2D eigenvalue weighted by Gasteiger charge is 2.15. The van der Waals surface area contributed by atoms with E-state index in [2.05, 4.69) is 24.0 Å². The molecule has 1 heterocycles. The van der Waals surface area contributed by atoms with Crippen LogP contribution in [0.15, 0.2) is 48.5 Å². The number of hydrogen-bond donors (Lipinski definition) is 0. The van der Waals surface area contributed by atoms with Crippen LogP contribution in [-0.2, 0) is 13.0 Å². The van der Waals surface area contributed by atoms with E-state index in [-0.39, 0.29) is 5.15 Å². The predicted octanol–water partition coefficient (Wildman–Crippen LogP) is 5.34. The fourth-order valence-corrected chi connectivity index (χ4v) is 3.32. The van der Waals surface area contributed by atoms with Crippen molar-refractivity contribution in [2.45, 2.75) is 32.7 Å². The summed E-state index contributed by atoms with van der Waals surface area (Å²) in [7, 11) is 0. The Kier molecular flexibility index (Phi) is 5.91. The molecule has 4 nitrogen and oxygen atoms in total. The number of aromatic nitrogens is 2. The molecule has 0 aliphatic rings. The molecule has 134 valence electrons. The molecule has 0 saturated carbocycles. The van der Waals surface area contributed by atoms with Gasteiger partial charge in [0.15, 0.2) is 10.8 Å². The number of halogens is 1. The first-order valence-corrected chi connectivity index (χ1v) is 9.29. The smallest absolute Gasteiger partial charge is 0.165 e. The largest absolute Gasteiger partial charge is 0.314 e. The molecule has 5 heteroatoms. The van der Waals surface area contributed by atoms with E-state index in [0.29, 0.717) is 17.8 Å². The van der Waals surface area contributed by atoms with Crippen molar-refractivity contribution in [1.29, 1.82) is 10.5 Å². The SMILES string of the molecule is CCCCc1nc(Cl)c(C#N)n1Cc1ccc(-c2ccccc2C#N)cc1. The van der Waals surface area contributed by atoms with Gasteiger partial charge in [-0.05, 0) is 29.2 Å². The number of aryl methyl sites for hydroxylation is 1. The van der Waals surface area contributed by atoms with Gasteiger partial charge >= 0.3 is 0 Å². The number of nitriles is 2. The standard InChI is InChI=1S/C22H19ClN4/c1-2-3-8-21-26-22(23)20(14-25)27(21)15-16-9-11-17(12-10-16)19-7-5-4-6-18(19)13-24/h4-7,9-12H,2-3,8,15H2,1H3. The molecule has 0 bridgehead atoms. The zero-order valence-electron chi connectivity index (χ0n) is 15.1. The lowest BCUT2D eigenvalue weighted by Crippen LogP contribution is -2.07. The predicted molar refractivity (Wildman–Crippen MR) is 106 cm³/mol. The maximum atomic E-state index is 9.44. The van der Waals surface area contributed by atoms with Crippen molar-refractivity contribution >= 4 is 11.6 Å². The Bertz CT molecular complexity index is 1020. The van der Waals surface area contributed by atoms with Crippen LogP contribution >= 0.6 is 11.6 Å². The first kappa shape index (κ1) is 18.7. The lowest BCUT2D eigenvalue weighted by molar-refractivity contribution is 0.673. The number of nitrogens with zero attached hydrogens (tertiary/aromatic N) is 4. The molecular formula is C22H19ClN4. The second kappa shape index (κ2) is 8.54. The molecule has 2 aromatic carbocycles. The normalized spacial score (nSPS) is 10.4. The van der Waals surface area contributed by atoms with Gasteiger partial charge in [-0.2, -0.15) is 10.5 Å². The van der Waals surface area contributed by atoms with Crippen LogP contribution in [0.4, 0.5) is 0 Å². The maximum absolute atomic E-state index is 9.44. The van der Waals surface area contributed by atoms with Crippen LogP contribution in [0, 0.1) is 22.7 Å². The fourth-order valence-electron chi connectivity index (χ4n) is 3.07. The first-order valence-electron chi connectivity index (χ1n) is 8.91. The molecule has 0 saturated heterocycles. The second-order valence-corrected chi connectivity index (χ2v) is 6.68. The van der Waals surface area contributed by atoms with Crippen LogP contribution in [0.3, 0.4) is 0 Å². The molecule has 0 unspecified atom stereocenters. The van der Waals surface area contributed by atoms with E-state index < -0.39 is 0 Å². The van der Waals surface area contributed by atoms with Crippen LogP contribution in [0.1, 0.15) is 42.4 Å². The van der Waals surface area contributed by atoms with Crippen molar-refractivity contribution in [2.24, 2.45) is 0 Å². The third-order valence-corrected chi connectivity index (χ3v) is 4.78. The van der Waals surface area contributed by atoms with Gasteiger partial charge in [-0.3, -0.25) is 0 Å². The number of rotatable bonds is 6. The van der Waals surface area contributed by atoms with E-state index >= 15 is 0 Å². The highest BCUT2D eigenvalue weighted by atomic mass is 35.5. The molecule has 0 aliphatic carbocycles. The maximum Gasteiger partial charge on any atom is 0.165 e. The minimum Gasteiger partial charge on any atom is -0.314 e. The lowest BCUT2D eigenvalue weighted by Gasteiger charge is -2.10. The van der Waals surface area contributed by atoms with E-state index in [1.165, 1.54) is 0 Å². The highest BCUT2D eigenvalue weighted by Crippen LogP contribution is 2.25. The third-order valence-electron chi connectivity index (χ3n) is 4.52. The van der Waals surface area contributed by atoms with E-state index in [1.807, 2.05) is 53.1 Å². The molecule has 0 amide bonds. The molecule has 27 heavy (non-hydrogen) atoms. The van der Waals surface area contributed by atoms with Gasteiger partial charge in [0.1, 0.15) is 11.9 Å². The molecule has 1 aromatic heterocycles. The highest BCUT2D eigenvalue weighted by molar-refractivity contribution is 6.30. The van der Waals surface area contributed by atoms with E-state index in [1.54, 1.807) is 0 Å². The van der Waals surface area contributed by atoms with Gasteiger partial charge in [-0.1, -0.05) is 67.4 Å². The summed E-state index contributed by atoms with van der Waals surface area (Å²) >= 11 is 6.15. The molecule has 0 spiro atoms. The lowest BCUT2D eigenvalue weighted by atomic mass is 9.99. The van der Waals surface area contributed by atoms with Crippen molar-refractivity contribution in [3.05, 3.63) is 76.3 Å². The summed E-state index contributed by atoms with van der Waals surface area (Å²) in [5.41, 5.74) is 4.02. The minimum atomic E-state index is 0.267. The zero-order chi connectivity index (χ0) is 19.2. The monoisotopic (exact) mass is 374 g/mol. The molecule has 3 rings (SSSR count). The van der Waals surface area contributed by atoms with Gasteiger partial charge in [-0.25, -0.2) is 4.98 Å². The van der Waals surface area contributed by atoms with Gasteiger partial charge < -0.3 is 4.57 Å². The number of imidazole rings is 1. The molecule has 0 atom stereocenters. The zero-order valence-corrected chi connectivity index (χ0v) is 15.9. The average Bonchev–Trinajstić information content (AvgIpc) is 3.01. The van der Waals surface area contributed by atoms with Crippen molar-refractivity contribution in [3.8, 4) is 23.3 Å². The van der Waals surface area contributed by atoms with Gasteiger partial charge in [0, 0.05) is 6.42 Å². The Labute approximate surface area is 164 Å². The van der Waals surface area contributed by atoms with Crippen molar-refractivity contribution in [2.75, 3.05) is 0 Å². The van der Waals surface area contributed by atoms with Crippen LogP contribution in [-0.4, -0.2) is 9.55 Å². The van der Waals surface area contributed by atoms with E-state index in [9.17, 15) is 10.5 Å². The van der Waals surface area contributed by atoms with Gasteiger partial charge in [0.2, 0.25) is 0 Å². The van der Waals surface area contributed by atoms with Crippen molar-refractivity contribution < 1.29 is 0 Å². The Hall–Kier alpha value is -3.08. The molecule has 0 N–H and O–H groups in total. The van der Waals surface area contributed by atoms with E-state index in [0.717, 1.165) is 41.8 Å². The van der Waals surface area contributed by atoms with Crippen molar-refractivity contribution in [3.63, 3.8) is 0 Å². The Morgan fingerprint density at radius 3 is 2.44 bits per heavy atom. The number of benzene rings is 2. The fraction of sp³-hybridized carbons (Fsp3) is 0.227. The van der Waals surface area contributed by atoms with Crippen LogP contribution in [0.2, 0.25) is 5.15 Å². The third kappa shape index (κ3) is 4.03. The Morgan fingerprint density at radius 2 is 1.78 bits per heavy atom. The Morgan fingerprint density at radius 1 is 1.04 bits per heavy atom. The summed E-state index contributed by atoms with van der Waals surface area (Å²) < 4.78 is 1.90. The molecule has 0 aliphatic heterocycles. The van der Waals surface area contributed by atoms with Crippen LogP contribution < -0.4 is 0 Å². The first-order chi connectivity index (χ1) is 13.2. The minimum absolute atomic E-state index is 0.267. The molecule has 0 radical (unpaired) electrons. The molecular weight excluding hydrogens is 356 g/mol. The quantitative estimate of drug-likeness (QED) is 0.585. The number of hydrogen-bond acceptors (Lipinski definition) is 3. The van der Waals surface area contributed by atoms with Crippen LogP contribution in [0.5, 0.6) is 0 Å². The Balaban J connectivity index is 1.90. The van der Waals surface area contributed by atoms with Gasteiger partial charge in [0.05, 0.1) is 18.2 Å². The number of unbranched alkanes of at least 4 members (excludes halogenated alkanes) is 1. The molecule has 0 fully saturated rings.